The molecule has 1 unspecified atom stereocenters. The lowest BCUT2D eigenvalue weighted by Crippen LogP contribution is -2.25. The second-order valence-electron chi connectivity index (χ2n) is 3.82. The first-order valence-corrected chi connectivity index (χ1v) is 4.90. The Morgan fingerprint density at radius 2 is 2.40 bits per heavy atom. The Kier molecular flexibility index (Phi) is 2.58. The smallest absolute Gasteiger partial charge is 0.303 e. The van der Waals surface area contributed by atoms with E-state index < -0.39 is 5.97 Å². The Hall–Kier alpha value is -1.58. The van der Waals surface area contributed by atoms with E-state index in [0.29, 0.717) is 18.7 Å². The molecule has 1 aliphatic heterocycles. The fourth-order valence-electron chi connectivity index (χ4n) is 1.96. The lowest BCUT2D eigenvalue weighted by Gasteiger charge is -2.25. The standard InChI is InChI=1S/C11H12FNO2/c12-9-3-1-2-8-4-7(5-10(14)15)6-13-11(8)9/h1-3,7,13H,4-6H2,(H,14,15). The maximum atomic E-state index is 13.3. The second kappa shape index (κ2) is 3.88. The summed E-state index contributed by atoms with van der Waals surface area (Å²) in [6.45, 7) is 0.528. The van der Waals surface area contributed by atoms with Crippen molar-refractivity contribution >= 4 is 11.7 Å². The molecular formula is C11H12FNO2. The zero-order chi connectivity index (χ0) is 10.8. The van der Waals surface area contributed by atoms with E-state index in [0.717, 1.165) is 5.56 Å². The Morgan fingerprint density at radius 1 is 1.60 bits per heavy atom. The zero-order valence-corrected chi connectivity index (χ0v) is 8.16. The van der Waals surface area contributed by atoms with Crippen LogP contribution >= 0.6 is 0 Å². The maximum Gasteiger partial charge on any atom is 0.303 e. The highest BCUT2D eigenvalue weighted by molar-refractivity contribution is 5.67. The van der Waals surface area contributed by atoms with Crippen LogP contribution in [0.2, 0.25) is 0 Å². The number of fused-ring (bicyclic) bond motifs is 1. The van der Waals surface area contributed by atoms with Gasteiger partial charge in [-0.2, -0.15) is 0 Å². The molecule has 1 heterocycles. The number of nitrogens with one attached hydrogen (secondary N) is 1. The molecule has 0 spiro atoms. The van der Waals surface area contributed by atoms with Gasteiger partial charge in [0.25, 0.3) is 0 Å². The van der Waals surface area contributed by atoms with Crippen LogP contribution in [0.5, 0.6) is 0 Å². The molecule has 1 aliphatic rings. The van der Waals surface area contributed by atoms with E-state index in [-0.39, 0.29) is 18.2 Å². The number of carbonyl (C=O) groups is 1. The van der Waals surface area contributed by atoms with Crippen molar-refractivity contribution in [2.45, 2.75) is 12.8 Å². The quantitative estimate of drug-likeness (QED) is 0.781. The molecule has 4 heteroatoms. The maximum absolute atomic E-state index is 13.3. The summed E-state index contributed by atoms with van der Waals surface area (Å²) in [6, 6.07) is 4.89. The molecule has 0 aromatic heterocycles. The van der Waals surface area contributed by atoms with Crippen LogP contribution in [-0.2, 0) is 11.2 Å². The molecule has 0 saturated heterocycles. The molecule has 80 valence electrons. The molecule has 2 rings (SSSR count). The predicted octanol–water partition coefficient (Wildman–Crippen LogP) is 1.88. The van der Waals surface area contributed by atoms with Crippen LogP contribution in [0.15, 0.2) is 18.2 Å². The number of halogens is 1. The van der Waals surface area contributed by atoms with Crippen molar-refractivity contribution in [2.24, 2.45) is 5.92 Å². The van der Waals surface area contributed by atoms with Crippen molar-refractivity contribution in [2.75, 3.05) is 11.9 Å². The number of para-hydroxylation sites is 1. The normalized spacial score (nSPS) is 19.1. The first kappa shape index (κ1) is 9.96. The summed E-state index contributed by atoms with van der Waals surface area (Å²) in [5.74, 6) is -1.01. The Labute approximate surface area is 86.9 Å². The highest BCUT2D eigenvalue weighted by Crippen LogP contribution is 2.28. The van der Waals surface area contributed by atoms with E-state index in [1.165, 1.54) is 6.07 Å². The third kappa shape index (κ3) is 2.09. The van der Waals surface area contributed by atoms with Gasteiger partial charge in [-0.05, 0) is 24.0 Å². The van der Waals surface area contributed by atoms with Crippen molar-refractivity contribution in [1.82, 2.24) is 0 Å². The van der Waals surface area contributed by atoms with Gasteiger partial charge in [0.15, 0.2) is 0 Å². The molecule has 1 aromatic rings. The third-order valence-corrected chi connectivity index (χ3v) is 2.64. The van der Waals surface area contributed by atoms with Crippen LogP contribution in [-0.4, -0.2) is 17.6 Å². The summed E-state index contributed by atoms with van der Waals surface area (Å²) in [5.41, 5.74) is 1.40. The number of hydrogen-bond acceptors (Lipinski definition) is 2. The van der Waals surface area contributed by atoms with Crippen molar-refractivity contribution < 1.29 is 14.3 Å². The molecule has 2 N–H and O–H groups in total. The van der Waals surface area contributed by atoms with Gasteiger partial charge in [0.05, 0.1) is 12.1 Å². The van der Waals surface area contributed by atoms with Crippen LogP contribution in [0.3, 0.4) is 0 Å². The van der Waals surface area contributed by atoms with Gasteiger partial charge >= 0.3 is 5.97 Å². The van der Waals surface area contributed by atoms with Crippen LogP contribution in [0, 0.1) is 11.7 Å². The summed E-state index contributed by atoms with van der Waals surface area (Å²) >= 11 is 0. The van der Waals surface area contributed by atoms with E-state index >= 15 is 0 Å². The molecule has 0 fully saturated rings. The first-order valence-electron chi connectivity index (χ1n) is 4.90. The minimum atomic E-state index is -0.804. The van der Waals surface area contributed by atoms with Crippen LogP contribution in [0.25, 0.3) is 0 Å². The monoisotopic (exact) mass is 209 g/mol. The SMILES string of the molecule is O=C(O)CC1CNc2c(F)cccc2C1. The van der Waals surface area contributed by atoms with E-state index in [1.54, 1.807) is 6.07 Å². The van der Waals surface area contributed by atoms with Gasteiger partial charge in [-0.3, -0.25) is 4.79 Å². The van der Waals surface area contributed by atoms with Gasteiger partial charge in [-0.1, -0.05) is 12.1 Å². The minimum Gasteiger partial charge on any atom is -0.481 e. The number of aliphatic carboxylic acids is 1. The average molecular weight is 209 g/mol. The fourth-order valence-corrected chi connectivity index (χ4v) is 1.96. The molecule has 0 amide bonds. The fraction of sp³-hybridized carbons (Fsp3) is 0.364. The summed E-state index contributed by atoms with van der Waals surface area (Å²) in [6.07, 6.45) is 0.759. The van der Waals surface area contributed by atoms with E-state index in [9.17, 15) is 9.18 Å². The van der Waals surface area contributed by atoms with Crippen molar-refractivity contribution in [1.29, 1.82) is 0 Å². The van der Waals surface area contributed by atoms with E-state index in [4.69, 9.17) is 5.11 Å². The lowest BCUT2D eigenvalue weighted by molar-refractivity contribution is -0.138. The number of hydrogen-bond donors (Lipinski definition) is 2. The van der Waals surface area contributed by atoms with E-state index in [2.05, 4.69) is 5.32 Å². The molecule has 0 bridgehead atoms. The largest absolute Gasteiger partial charge is 0.481 e. The van der Waals surface area contributed by atoms with Gasteiger partial charge in [0.2, 0.25) is 0 Å². The third-order valence-electron chi connectivity index (χ3n) is 2.64. The summed E-state index contributed by atoms with van der Waals surface area (Å²) < 4.78 is 13.3. The predicted molar refractivity (Wildman–Crippen MR) is 54.3 cm³/mol. The summed E-state index contributed by atoms with van der Waals surface area (Å²) in [5, 5.41) is 11.6. The van der Waals surface area contributed by atoms with Gasteiger partial charge in [-0.25, -0.2) is 4.39 Å². The number of carboxylic acid groups (broad SMARTS) is 1. The van der Waals surface area contributed by atoms with Gasteiger partial charge in [-0.15, -0.1) is 0 Å². The zero-order valence-electron chi connectivity index (χ0n) is 8.16. The number of rotatable bonds is 2. The molecule has 0 radical (unpaired) electrons. The Bertz CT molecular complexity index is 392. The Balaban J connectivity index is 2.17. The van der Waals surface area contributed by atoms with Gasteiger partial charge < -0.3 is 10.4 Å². The number of anilines is 1. The first-order chi connectivity index (χ1) is 7.16. The van der Waals surface area contributed by atoms with Crippen molar-refractivity contribution in [3.63, 3.8) is 0 Å². The number of carboxylic acids is 1. The van der Waals surface area contributed by atoms with Gasteiger partial charge in [0.1, 0.15) is 5.82 Å². The molecule has 15 heavy (non-hydrogen) atoms. The van der Waals surface area contributed by atoms with E-state index in [1.807, 2.05) is 6.07 Å². The summed E-state index contributed by atoms with van der Waals surface area (Å²) in [4.78, 5) is 10.5. The molecule has 3 nitrogen and oxygen atoms in total. The topological polar surface area (TPSA) is 49.3 Å². The highest BCUT2D eigenvalue weighted by atomic mass is 19.1. The number of benzene rings is 1. The van der Waals surface area contributed by atoms with Crippen LogP contribution < -0.4 is 5.32 Å². The second-order valence-corrected chi connectivity index (χ2v) is 3.82. The van der Waals surface area contributed by atoms with Crippen molar-refractivity contribution in [3.05, 3.63) is 29.6 Å². The minimum absolute atomic E-state index is 0.0526. The molecule has 1 atom stereocenters. The van der Waals surface area contributed by atoms with Gasteiger partial charge in [0, 0.05) is 6.54 Å². The van der Waals surface area contributed by atoms with Crippen LogP contribution in [0.1, 0.15) is 12.0 Å². The Morgan fingerprint density at radius 3 is 3.13 bits per heavy atom. The average Bonchev–Trinajstić information content (AvgIpc) is 2.17. The van der Waals surface area contributed by atoms with Crippen molar-refractivity contribution in [3.8, 4) is 0 Å². The van der Waals surface area contributed by atoms with Crippen LogP contribution in [0.4, 0.5) is 10.1 Å². The lowest BCUT2D eigenvalue weighted by atomic mass is 9.91. The summed E-state index contributed by atoms with van der Waals surface area (Å²) in [7, 11) is 0. The molecule has 0 aliphatic carbocycles. The molecular weight excluding hydrogens is 197 g/mol. The highest BCUT2D eigenvalue weighted by Gasteiger charge is 2.22. The molecule has 1 aromatic carbocycles. The molecule has 0 saturated carbocycles.